The van der Waals surface area contributed by atoms with Gasteiger partial charge in [-0.2, -0.15) is 0 Å². The van der Waals surface area contributed by atoms with Crippen molar-refractivity contribution in [2.24, 2.45) is 17.8 Å². The van der Waals surface area contributed by atoms with Gasteiger partial charge in [0.2, 0.25) is 0 Å². The number of carboxylic acids is 1. The van der Waals surface area contributed by atoms with Crippen molar-refractivity contribution in [3.8, 4) is 0 Å². The topological polar surface area (TPSA) is 130 Å². The lowest BCUT2D eigenvalue weighted by Gasteiger charge is -2.37. The van der Waals surface area contributed by atoms with Gasteiger partial charge in [-0.05, 0) is 56.4 Å². The number of fused-ring (bicyclic) bond motifs is 2. The number of aliphatic hydroxyl groups is 2. The van der Waals surface area contributed by atoms with Gasteiger partial charge in [0, 0.05) is 24.2 Å². The second kappa shape index (κ2) is 9.15. The van der Waals surface area contributed by atoms with Crippen molar-refractivity contribution in [3.05, 3.63) is 68.6 Å². The maximum atomic E-state index is 13.8. The van der Waals surface area contributed by atoms with Crippen molar-refractivity contribution in [1.82, 2.24) is 0 Å². The number of rotatable bonds is 5. The van der Waals surface area contributed by atoms with Crippen LogP contribution in [0.15, 0.2) is 68.6 Å². The van der Waals surface area contributed by atoms with E-state index in [4.69, 9.17) is 9.47 Å². The lowest BCUT2D eigenvalue weighted by atomic mass is 9.69. The highest BCUT2D eigenvalue weighted by atomic mass is 16.5. The van der Waals surface area contributed by atoms with Gasteiger partial charge in [-0.3, -0.25) is 14.4 Å². The Kier molecular flexibility index (Phi) is 6.49. The molecule has 0 aromatic rings. The van der Waals surface area contributed by atoms with Crippen LogP contribution in [0.3, 0.4) is 0 Å². The van der Waals surface area contributed by atoms with Gasteiger partial charge in [0.05, 0.1) is 34.8 Å². The first kappa shape index (κ1) is 25.5. The molecule has 2 heterocycles. The Labute approximate surface area is 210 Å². The lowest BCUT2D eigenvalue weighted by molar-refractivity contribution is -0.137. The van der Waals surface area contributed by atoms with Crippen molar-refractivity contribution in [2.75, 3.05) is 0 Å². The summed E-state index contributed by atoms with van der Waals surface area (Å²) in [4.78, 5) is 39.0. The number of ether oxygens (including phenoxy) is 2. The first-order valence-corrected chi connectivity index (χ1v) is 12.2. The molecule has 4 atom stereocenters. The van der Waals surface area contributed by atoms with Crippen LogP contribution in [0.2, 0.25) is 0 Å². The Morgan fingerprint density at radius 1 is 0.833 bits per heavy atom. The molecule has 0 bridgehead atoms. The molecule has 0 saturated carbocycles. The number of aliphatic carboxylic acids is 1. The number of allylic oxidation sites excluding steroid dienone is 6. The van der Waals surface area contributed by atoms with E-state index in [0.717, 1.165) is 0 Å². The number of carbonyl (C=O) groups excluding carboxylic acids is 2. The summed E-state index contributed by atoms with van der Waals surface area (Å²) in [5, 5.41) is 32.0. The van der Waals surface area contributed by atoms with E-state index in [-0.39, 0.29) is 70.7 Å². The molecule has 2 aliphatic heterocycles. The van der Waals surface area contributed by atoms with Crippen LogP contribution < -0.4 is 0 Å². The molecule has 0 radical (unpaired) electrons. The minimum absolute atomic E-state index is 0.112. The number of aliphatic hydroxyl groups excluding tert-OH is 2. The monoisotopic (exact) mass is 496 g/mol. The van der Waals surface area contributed by atoms with Gasteiger partial charge in [-0.15, -0.1) is 0 Å². The van der Waals surface area contributed by atoms with Crippen LogP contribution in [0.25, 0.3) is 0 Å². The standard InChI is InChI=1S/C28H32O8/c1-11-15(5)35-9-18-21(11)13(3)25(31)23(27(18)33)17(7-8-20(29)30)24-26(32)14(4)22-12(2)16(6)36-10-19(22)28(24)34/h9-12,15-17,31-32H,7-8H2,1-6H3,(H,29,30)/t11-,12-,15-,16-/m1/s1. The summed E-state index contributed by atoms with van der Waals surface area (Å²) in [7, 11) is 0. The maximum Gasteiger partial charge on any atom is 0.303 e. The molecule has 0 aromatic carbocycles. The average molecular weight is 497 g/mol. The molecule has 0 fully saturated rings. The van der Waals surface area contributed by atoms with Gasteiger partial charge in [0.1, 0.15) is 23.7 Å². The minimum Gasteiger partial charge on any atom is -0.507 e. The van der Waals surface area contributed by atoms with Crippen LogP contribution in [-0.4, -0.2) is 45.1 Å². The van der Waals surface area contributed by atoms with Gasteiger partial charge in [0.25, 0.3) is 0 Å². The fourth-order valence-corrected chi connectivity index (χ4v) is 5.62. The SMILES string of the molecule is CC1=C2C(=CO[C@H](C)[C@H]2C)C(=O)C(C(CCC(=O)O)C2=C(O)C(C)=C3C(=CO[C@H](C)[C@H]3C)C2=O)=C1O. The number of ketones is 2. The Hall–Kier alpha value is -3.55. The lowest BCUT2D eigenvalue weighted by Crippen LogP contribution is -2.36. The minimum atomic E-state index is -1.15. The summed E-state index contributed by atoms with van der Waals surface area (Å²) >= 11 is 0. The smallest absolute Gasteiger partial charge is 0.303 e. The number of Topliss-reactive ketones (excluding diaryl/α,β-unsaturated/α-hetero) is 2. The maximum absolute atomic E-state index is 13.8. The van der Waals surface area contributed by atoms with Crippen LogP contribution in [0.5, 0.6) is 0 Å². The largest absolute Gasteiger partial charge is 0.507 e. The molecule has 0 saturated heterocycles. The quantitative estimate of drug-likeness (QED) is 0.496. The molecule has 8 heteroatoms. The van der Waals surface area contributed by atoms with Gasteiger partial charge in [-0.25, -0.2) is 0 Å². The van der Waals surface area contributed by atoms with Crippen LogP contribution in [0.4, 0.5) is 0 Å². The van der Waals surface area contributed by atoms with E-state index in [0.29, 0.717) is 22.3 Å². The first-order valence-electron chi connectivity index (χ1n) is 12.2. The summed E-state index contributed by atoms with van der Waals surface area (Å²) in [5.41, 5.74) is 2.58. The van der Waals surface area contributed by atoms with Crippen LogP contribution in [0, 0.1) is 17.8 Å². The van der Waals surface area contributed by atoms with Gasteiger partial charge < -0.3 is 24.8 Å². The molecule has 192 valence electrons. The third kappa shape index (κ3) is 3.79. The molecule has 8 nitrogen and oxygen atoms in total. The summed E-state index contributed by atoms with van der Waals surface area (Å²) in [6.07, 6.45) is 1.78. The fourth-order valence-electron chi connectivity index (χ4n) is 5.62. The van der Waals surface area contributed by atoms with Crippen molar-refractivity contribution in [3.63, 3.8) is 0 Å². The highest BCUT2D eigenvalue weighted by Gasteiger charge is 2.45. The van der Waals surface area contributed by atoms with Gasteiger partial charge in [0.15, 0.2) is 11.6 Å². The third-order valence-electron chi connectivity index (χ3n) is 8.05. The molecule has 2 aliphatic carbocycles. The van der Waals surface area contributed by atoms with Crippen molar-refractivity contribution < 1.29 is 39.2 Å². The zero-order valence-electron chi connectivity index (χ0n) is 21.3. The fraction of sp³-hybridized carbons (Fsp3) is 0.464. The molecule has 4 rings (SSSR count). The summed E-state index contributed by atoms with van der Waals surface area (Å²) in [6.45, 7) is 10.9. The molecule has 0 spiro atoms. The van der Waals surface area contributed by atoms with E-state index < -0.39 is 23.5 Å². The highest BCUT2D eigenvalue weighted by molar-refractivity contribution is 6.18. The van der Waals surface area contributed by atoms with E-state index in [1.807, 2.05) is 27.7 Å². The molecule has 36 heavy (non-hydrogen) atoms. The normalized spacial score (nSPS) is 28.5. The molecule has 0 amide bonds. The third-order valence-corrected chi connectivity index (χ3v) is 8.05. The van der Waals surface area contributed by atoms with Crippen molar-refractivity contribution >= 4 is 17.5 Å². The molecule has 0 unspecified atom stereocenters. The predicted octanol–water partition coefficient (Wildman–Crippen LogP) is 4.77. The summed E-state index contributed by atoms with van der Waals surface area (Å²) in [6, 6.07) is 0. The van der Waals surface area contributed by atoms with Gasteiger partial charge in [-0.1, -0.05) is 13.8 Å². The van der Waals surface area contributed by atoms with E-state index in [9.17, 15) is 29.7 Å². The molecular weight excluding hydrogens is 464 g/mol. The average Bonchev–Trinajstić information content (AvgIpc) is 2.82. The van der Waals surface area contributed by atoms with E-state index in [2.05, 4.69) is 0 Å². The Morgan fingerprint density at radius 2 is 1.22 bits per heavy atom. The van der Waals surface area contributed by atoms with Gasteiger partial charge >= 0.3 is 5.97 Å². The highest BCUT2D eigenvalue weighted by Crippen LogP contribution is 2.47. The number of hydrogen-bond acceptors (Lipinski definition) is 7. The van der Waals surface area contributed by atoms with Crippen LogP contribution >= 0.6 is 0 Å². The Morgan fingerprint density at radius 3 is 1.58 bits per heavy atom. The van der Waals surface area contributed by atoms with E-state index >= 15 is 0 Å². The summed E-state index contributed by atoms with van der Waals surface area (Å²) in [5.74, 6) is -4.28. The number of carboxylic acid groups (broad SMARTS) is 1. The number of carbonyl (C=O) groups is 3. The summed E-state index contributed by atoms with van der Waals surface area (Å²) < 4.78 is 11.3. The Balaban J connectivity index is 1.95. The van der Waals surface area contributed by atoms with Crippen LogP contribution in [0.1, 0.15) is 54.4 Å². The zero-order valence-corrected chi connectivity index (χ0v) is 21.3. The second-order valence-electron chi connectivity index (χ2n) is 10.1. The zero-order chi connectivity index (χ0) is 26.6. The van der Waals surface area contributed by atoms with E-state index in [1.165, 1.54) is 12.5 Å². The Bertz CT molecular complexity index is 1160. The molecular formula is C28H32O8. The van der Waals surface area contributed by atoms with Crippen LogP contribution in [-0.2, 0) is 23.9 Å². The first-order chi connectivity index (χ1) is 16.9. The van der Waals surface area contributed by atoms with E-state index in [1.54, 1.807) is 13.8 Å². The predicted molar refractivity (Wildman–Crippen MR) is 131 cm³/mol. The number of hydrogen-bond donors (Lipinski definition) is 3. The van der Waals surface area contributed by atoms with Crippen molar-refractivity contribution in [1.29, 1.82) is 0 Å². The molecule has 3 N–H and O–H groups in total. The second-order valence-corrected chi connectivity index (χ2v) is 10.1. The molecule has 0 aromatic heterocycles. The van der Waals surface area contributed by atoms with Crippen molar-refractivity contribution in [2.45, 2.75) is 66.6 Å². The molecule has 4 aliphatic rings.